The fourth-order valence-electron chi connectivity index (χ4n) is 2.30. The highest BCUT2D eigenvalue weighted by atomic mass is 32.2. The zero-order valence-electron chi connectivity index (χ0n) is 12.8. The van der Waals surface area contributed by atoms with Crippen LogP contribution in [0.4, 0.5) is 5.82 Å². The number of nitrogen functional groups attached to an aromatic ring is 1. The molecule has 21 heavy (non-hydrogen) atoms. The van der Waals surface area contributed by atoms with E-state index in [4.69, 9.17) is 5.73 Å². The molecule has 0 saturated carbocycles. The molecule has 0 radical (unpaired) electrons. The van der Waals surface area contributed by atoms with Gasteiger partial charge in [-0.15, -0.1) is 0 Å². The first-order valence-electron chi connectivity index (χ1n) is 6.83. The molecule has 0 bridgehead atoms. The molecule has 2 aromatic heterocycles. The van der Waals surface area contributed by atoms with Gasteiger partial charge in [-0.3, -0.25) is 0 Å². The van der Waals surface area contributed by atoms with Crippen molar-refractivity contribution in [2.24, 2.45) is 0 Å². The highest BCUT2D eigenvalue weighted by Crippen LogP contribution is 2.25. The molecule has 0 aliphatic carbocycles. The van der Waals surface area contributed by atoms with E-state index < -0.39 is 10.0 Å². The SMILES string of the molecule is CCS(=O)(=O)NCCn1c(C)nc2c(N)nc(C)c(C)c21. The molecule has 2 rings (SSSR count). The molecule has 0 fully saturated rings. The quantitative estimate of drug-likeness (QED) is 0.853. The van der Waals surface area contributed by atoms with Crippen molar-refractivity contribution in [3.63, 3.8) is 0 Å². The maximum absolute atomic E-state index is 11.5. The zero-order valence-corrected chi connectivity index (χ0v) is 13.6. The Hall–Kier alpha value is -1.67. The van der Waals surface area contributed by atoms with Crippen molar-refractivity contribution in [3.8, 4) is 0 Å². The summed E-state index contributed by atoms with van der Waals surface area (Å²) in [5.74, 6) is 1.28. The van der Waals surface area contributed by atoms with Crippen LogP contribution in [-0.2, 0) is 16.6 Å². The number of nitrogens with one attached hydrogen (secondary N) is 1. The Balaban J connectivity index is 2.38. The van der Waals surface area contributed by atoms with Gasteiger partial charge in [0.2, 0.25) is 10.0 Å². The van der Waals surface area contributed by atoms with E-state index in [9.17, 15) is 8.42 Å². The van der Waals surface area contributed by atoms with Gasteiger partial charge >= 0.3 is 0 Å². The summed E-state index contributed by atoms with van der Waals surface area (Å²) in [6.45, 7) is 8.19. The lowest BCUT2D eigenvalue weighted by atomic mass is 10.2. The second-order valence-corrected chi connectivity index (χ2v) is 7.11. The molecule has 0 unspecified atom stereocenters. The van der Waals surface area contributed by atoms with Gasteiger partial charge in [0, 0.05) is 18.8 Å². The Kier molecular flexibility index (Phi) is 4.20. The molecular formula is C13H21N5O2S. The molecule has 0 aliphatic rings. The molecule has 0 aromatic carbocycles. The number of anilines is 1. The smallest absolute Gasteiger partial charge is 0.211 e. The van der Waals surface area contributed by atoms with Crippen LogP contribution in [0.5, 0.6) is 0 Å². The summed E-state index contributed by atoms with van der Waals surface area (Å²) >= 11 is 0. The van der Waals surface area contributed by atoms with Crippen molar-refractivity contribution in [1.29, 1.82) is 0 Å². The van der Waals surface area contributed by atoms with Crippen LogP contribution in [-0.4, -0.2) is 35.3 Å². The van der Waals surface area contributed by atoms with E-state index in [1.54, 1.807) is 6.92 Å². The molecule has 0 spiro atoms. The van der Waals surface area contributed by atoms with Gasteiger partial charge in [-0.1, -0.05) is 0 Å². The number of imidazole rings is 1. The lowest BCUT2D eigenvalue weighted by molar-refractivity contribution is 0.574. The van der Waals surface area contributed by atoms with E-state index >= 15 is 0 Å². The van der Waals surface area contributed by atoms with Crippen molar-refractivity contribution in [1.82, 2.24) is 19.3 Å². The standard InChI is InChI=1S/C13H21N5O2S/c1-5-21(19,20)15-6-7-18-10(4)17-11-12(18)8(2)9(3)16-13(11)14/h15H,5-7H2,1-4H3,(H2,14,16). The topological polar surface area (TPSA) is 103 Å². The highest BCUT2D eigenvalue weighted by molar-refractivity contribution is 7.89. The van der Waals surface area contributed by atoms with Gasteiger partial charge in [-0.2, -0.15) is 0 Å². The van der Waals surface area contributed by atoms with E-state index in [2.05, 4.69) is 14.7 Å². The second-order valence-electron chi connectivity index (χ2n) is 5.01. The van der Waals surface area contributed by atoms with Crippen LogP contribution in [0.25, 0.3) is 11.0 Å². The lowest BCUT2D eigenvalue weighted by Crippen LogP contribution is -2.29. The Morgan fingerprint density at radius 3 is 2.52 bits per heavy atom. The number of pyridine rings is 1. The normalized spacial score (nSPS) is 12.2. The van der Waals surface area contributed by atoms with Crippen LogP contribution in [0, 0.1) is 20.8 Å². The number of hydrogen-bond donors (Lipinski definition) is 2. The summed E-state index contributed by atoms with van der Waals surface area (Å²) in [5, 5.41) is 0. The Morgan fingerprint density at radius 1 is 1.24 bits per heavy atom. The number of aryl methyl sites for hydroxylation is 3. The van der Waals surface area contributed by atoms with E-state index in [1.165, 1.54) is 0 Å². The van der Waals surface area contributed by atoms with Crippen LogP contribution < -0.4 is 10.5 Å². The van der Waals surface area contributed by atoms with Crippen LogP contribution in [0.1, 0.15) is 24.0 Å². The summed E-state index contributed by atoms with van der Waals surface area (Å²) in [7, 11) is -3.19. The first-order chi connectivity index (χ1) is 9.76. The molecule has 8 heteroatoms. The molecule has 0 aliphatic heterocycles. The van der Waals surface area contributed by atoms with Crippen molar-refractivity contribution < 1.29 is 8.42 Å². The second kappa shape index (κ2) is 5.61. The zero-order chi connectivity index (χ0) is 15.8. The average Bonchev–Trinajstić information content (AvgIpc) is 2.74. The first-order valence-corrected chi connectivity index (χ1v) is 8.49. The fourth-order valence-corrected chi connectivity index (χ4v) is 2.91. The minimum Gasteiger partial charge on any atom is -0.382 e. The van der Waals surface area contributed by atoms with Crippen LogP contribution in [0.15, 0.2) is 0 Å². The summed E-state index contributed by atoms with van der Waals surface area (Å²) in [5.41, 5.74) is 9.40. The van der Waals surface area contributed by atoms with Gasteiger partial charge in [-0.05, 0) is 33.3 Å². The van der Waals surface area contributed by atoms with Gasteiger partial charge in [-0.25, -0.2) is 23.1 Å². The molecule has 2 heterocycles. The molecule has 0 atom stereocenters. The predicted octanol–water partition coefficient (Wildman–Crippen LogP) is 0.878. The van der Waals surface area contributed by atoms with Gasteiger partial charge in [0.1, 0.15) is 11.3 Å². The monoisotopic (exact) mass is 311 g/mol. The maximum atomic E-state index is 11.5. The molecule has 0 amide bonds. The Labute approximate surface area is 124 Å². The van der Waals surface area contributed by atoms with E-state index in [-0.39, 0.29) is 5.75 Å². The Bertz CT molecular complexity index is 780. The van der Waals surface area contributed by atoms with Crippen LogP contribution >= 0.6 is 0 Å². The number of sulfonamides is 1. The molecule has 0 saturated heterocycles. The number of rotatable bonds is 5. The van der Waals surface area contributed by atoms with Gasteiger partial charge in [0.05, 0.1) is 11.3 Å². The van der Waals surface area contributed by atoms with E-state index in [0.29, 0.717) is 24.4 Å². The van der Waals surface area contributed by atoms with E-state index in [1.807, 2.05) is 25.3 Å². The van der Waals surface area contributed by atoms with Crippen molar-refractivity contribution >= 4 is 26.9 Å². The average molecular weight is 311 g/mol. The predicted molar refractivity (Wildman–Crippen MR) is 83.6 cm³/mol. The molecule has 3 N–H and O–H groups in total. The Morgan fingerprint density at radius 2 is 1.90 bits per heavy atom. The summed E-state index contributed by atoms with van der Waals surface area (Å²) < 4.78 is 27.5. The van der Waals surface area contributed by atoms with E-state index in [0.717, 1.165) is 22.6 Å². The van der Waals surface area contributed by atoms with Gasteiger partial charge in [0.25, 0.3) is 0 Å². The minimum absolute atomic E-state index is 0.0751. The number of nitrogens with zero attached hydrogens (tertiary/aromatic N) is 3. The van der Waals surface area contributed by atoms with Crippen molar-refractivity contribution in [3.05, 3.63) is 17.1 Å². The lowest BCUT2D eigenvalue weighted by Gasteiger charge is -2.11. The highest BCUT2D eigenvalue weighted by Gasteiger charge is 2.15. The van der Waals surface area contributed by atoms with Crippen molar-refractivity contribution in [2.75, 3.05) is 18.0 Å². The van der Waals surface area contributed by atoms with Crippen LogP contribution in [0.2, 0.25) is 0 Å². The summed E-state index contributed by atoms with van der Waals surface area (Å²) in [6, 6.07) is 0. The molecular weight excluding hydrogens is 290 g/mol. The number of hydrogen-bond acceptors (Lipinski definition) is 5. The summed E-state index contributed by atoms with van der Waals surface area (Å²) in [6.07, 6.45) is 0. The molecule has 116 valence electrons. The molecule has 2 aromatic rings. The van der Waals surface area contributed by atoms with Crippen molar-refractivity contribution in [2.45, 2.75) is 34.2 Å². The number of fused-ring (bicyclic) bond motifs is 1. The third kappa shape index (κ3) is 3.01. The van der Waals surface area contributed by atoms with Gasteiger partial charge < -0.3 is 10.3 Å². The fraction of sp³-hybridized carbons (Fsp3) is 0.538. The maximum Gasteiger partial charge on any atom is 0.211 e. The minimum atomic E-state index is -3.19. The number of aromatic nitrogens is 3. The largest absolute Gasteiger partial charge is 0.382 e. The number of nitrogens with two attached hydrogens (primary N) is 1. The first kappa shape index (κ1) is 15.7. The van der Waals surface area contributed by atoms with Crippen LogP contribution in [0.3, 0.4) is 0 Å². The summed E-state index contributed by atoms with van der Waals surface area (Å²) in [4.78, 5) is 8.73. The third-order valence-corrected chi connectivity index (χ3v) is 5.03. The van der Waals surface area contributed by atoms with Gasteiger partial charge in [0.15, 0.2) is 5.82 Å². The molecule has 7 nitrogen and oxygen atoms in total. The third-order valence-electron chi connectivity index (χ3n) is 3.62.